The first-order chi connectivity index (χ1) is 42.5. The summed E-state index contributed by atoms with van der Waals surface area (Å²) < 4.78 is 5.49. The van der Waals surface area contributed by atoms with Crippen molar-refractivity contribution in [1.29, 1.82) is 0 Å². The van der Waals surface area contributed by atoms with Crippen molar-refractivity contribution in [3.63, 3.8) is 0 Å². The number of hydrogen-bond donors (Lipinski definition) is 3. The summed E-state index contributed by atoms with van der Waals surface area (Å²) in [6, 6.07) is -0.626. The number of carbonyl (C=O) groups excluding carboxylic acids is 2. The minimum atomic E-state index is -0.842. The lowest BCUT2D eigenvalue weighted by Gasteiger charge is -2.20. The number of esters is 1. The first-order valence-corrected chi connectivity index (χ1v) is 39.3. The molecule has 0 saturated heterocycles. The van der Waals surface area contributed by atoms with E-state index >= 15 is 0 Å². The van der Waals surface area contributed by atoms with Crippen molar-refractivity contribution < 1.29 is 24.5 Å². The van der Waals surface area contributed by atoms with Crippen molar-refractivity contribution in [3.8, 4) is 0 Å². The molecule has 1 amide bonds. The van der Waals surface area contributed by atoms with Crippen LogP contribution in [0.3, 0.4) is 0 Å². The predicted molar refractivity (Wildman–Crippen MR) is 379 cm³/mol. The second kappa shape index (κ2) is 75.5. The quantitative estimate of drug-likeness (QED) is 0.0320. The fourth-order valence-electron chi connectivity index (χ4n) is 12.4. The number of amides is 1. The van der Waals surface area contributed by atoms with E-state index in [1.165, 1.54) is 366 Å². The lowest BCUT2D eigenvalue weighted by atomic mass is 10.0. The van der Waals surface area contributed by atoms with E-state index in [1.807, 2.05) is 6.08 Å². The smallest absolute Gasteiger partial charge is 0.305 e. The van der Waals surface area contributed by atoms with Crippen LogP contribution in [0.15, 0.2) is 36.5 Å². The summed E-state index contributed by atoms with van der Waals surface area (Å²) in [5.74, 6) is -0.0475. The van der Waals surface area contributed by atoms with Gasteiger partial charge in [0.1, 0.15) is 0 Å². The third-order valence-electron chi connectivity index (χ3n) is 18.4. The molecule has 0 aromatic carbocycles. The monoisotopic (exact) mass is 1210 g/mol. The first kappa shape index (κ1) is 84.1. The van der Waals surface area contributed by atoms with Gasteiger partial charge in [-0.15, -0.1) is 0 Å². The molecule has 0 fully saturated rings. The van der Waals surface area contributed by atoms with Gasteiger partial charge < -0.3 is 20.3 Å². The van der Waals surface area contributed by atoms with Crippen LogP contribution < -0.4 is 5.32 Å². The third kappa shape index (κ3) is 71.2. The largest absolute Gasteiger partial charge is 0.466 e. The topological polar surface area (TPSA) is 95.9 Å². The molecule has 0 aliphatic rings. The number of aliphatic hydroxyl groups is 2. The Hall–Kier alpha value is -1.92. The molecule has 3 N–H and O–H groups in total. The Bertz CT molecular complexity index is 1390. The van der Waals surface area contributed by atoms with Gasteiger partial charge in [0, 0.05) is 12.8 Å². The van der Waals surface area contributed by atoms with E-state index < -0.39 is 12.1 Å². The van der Waals surface area contributed by atoms with Crippen LogP contribution in [0.1, 0.15) is 438 Å². The number of rotatable bonds is 74. The van der Waals surface area contributed by atoms with Crippen LogP contribution in [-0.2, 0) is 14.3 Å². The lowest BCUT2D eigenvalue weighted by Crippen LogP contribution is -2.45. The maximum absolute atomic E-state index is 12.5. The molecule has 0 spiro atoms. The molecule has 6 nitrogen and oxygen atoms in total. The van der Waals surface area contributed by atoms with Gasteiger partial charge in [0.25, 0.3) is 0 Å². The minimum Gasteiger partial charge on any atom is -0.466 e. The standard InChI is InChI=1S/C80H153NO5/c1-3-5-7-9-11-13-15-17-18-19-39-42-45-49-52-56-60-64-68-72-78(83)77(76-82)81-79(84)73-69-65-61-57-53-50-46-43-40-37-35-33-31-29-27-25-23-21-20-22-24-26-28-30-32-34-36-38-41-44-47-51-55-59-63-67-71-75-86-80(85)74-70-66-62-58-54-48-16-14-12-10-8-6-4-2/h14,16,20,22,68,72,77-78,82-83H,3-13,15,17-19,21,23-67,69-71,73-76H2,1-2H3,(H,81,84)/b16-14-,22-20-,72-68+. The van der Waals surface area contributed by atoms with Gasteiger partial charge >= 0.3 is 5.97 Å². The van der Waals surface area contributed by atoms with E-state index in [2.05, 4.69) is 43.5 Å². The van der Waals surface area contributed by atoms with Gasteiger partial charge in [-0.05, 0) is 83.5 Å². The van der Waals surface area contributed by atoms with Crippen molar-refractivity contribution >= 4 is 11.9 Å². The van der Waals surface area contributed by atoms with Crippen molar-refractivity contribution in [2.75, 3.05) is 13.2 Å². The molecule has 2 atom stereocenters. The first-order valence-electron chi connectivity index (χ1n) is 39.3. The van der Waals surface area contributed by atoms with E-state index in [0.29, 0.717) is 19.4 Å². The zero-order valence-electron chi connectivity index (χ0n) is 58.3. The van der Waals surface area contributed by atoms with Crippen LogP contribution in [-0.4, -0.2) is 47.4 Å². The highest BCUT2D eigenvalue weighted by Crippen LogP contribution is 2.19. The molecule has 0 rings (SSSR count). The number of nitrogens with one attached hydrogen (secondary N) is 1. The van der Waals surface area contributed by atoms with Crippen molar-refractivity contribution in [2.24, 2.45) is 0 Å². The van der Waals surface area contributed by atoms with E-state index in [-0.39, 0.29) is 18.5 Å². The zero-order valence-corrected chi connectivity index (χ0v) is 58.3. The highest BCUT2D eigenvalue weighted by atomic mass is 16.5. The van der Waals surface area contributed by atoms with Gasteiger partial charge in [0.2, 0.25) is 5.91 Å². The predicted octanol–water partition coefficient (Wildman–Crippen LogP) is 25.8. The van der Waals surface area contributed by atoms with Crippen LogP contribution in [0.5, 0.6) is 0 Å². The Morgan fingerprint density at radius 2 is 0.547 bits per heavy atom. The molecule has 0 bridgehead atoms. The molecule has 0 aliphatic heterocycles. The van der Waals surface area contributed by atoms with Gasteiger partial charge in [-0.3, -0.25) is 9.59 Å². The number of ether oxygens (including phenoxy) is 1. The van der Waals surface area contributed by atoms with Gasteiger partial charge in [0.05, 0.1) is 25.4 Å². The van der Waals surface area contributed by atoms with Gasteiger partial charge in [-0.25, -0.2) is 0 Å². The summed E-state index contributed by atoms with van der Waals surface area (Å²) in [5.41, 5.74) is 0. The van der Waals surface area contributed by atoms with Crippen LogP contribution in [0, 0.1) is 0 Å². The zero-order chi connectivity index (χ0) is 62.0. The fourth-order valence-corrected chi connectivity index (χ4v) is 12.4. The van der Waals surface area contributed by atoms with Crippen molar-refractivity contribution in [1.82, 2.24) is 5.32 Å². The molecule has 0 radical (unpaired) electrons. The molecule has 0 aliphatic carbocycles. The van der Waals surface area contributed by atoms with Gasteiger partial charge in [-0.2, -0.15) is 0 Å². The van der Waals surface area contributed by atoms with Crippen LogP contribution in [0.4, 0.5) is 0 Å². The maximum Gasteiger partial charge on any atom is 0.305 e. The number of hydrogen-bond acceptors (Lipinski definition) is 5. The third-order valence-corrected chi connectivity index (χ3v) is 18.4. The Morgan fingerprint density at radius 1 is 0.314 bits per heavy atom. The molecule has 86 heavy (non-hydrogen) atoms. The highest BCUT2D eigenvalue weighted by molar-refractivity contribution is 5.76. The molecule has 508 valence electrons. The average molecular weight is 1210 g/mol. The normalized spacial score (nSPS) is 12.7. The summed E-state index contributed by atoms with van der Waals surface area (Å²) in [5, 5.41) is 23.3. The second-order valence-corrected chi connectivity index (χ2v) is 27.0. The number of unbranched alkanes of at least 4 members (excludes halogenated alkanes) is 59. The van der Waals surface area contributed by atoms with Crippen LogP contribution >= 0.6 is 0 Å². The fraction of sp³-hybridized carbons (Fsp3) is 0.900. The molecule has 6 heteroatoms. The van der Waals surface area contributed by atoms with Crippen LogP contribution in [0.25, 0.3) is 0 Å². The minimum absolute atomic E-state index is 0.0125. The van der Waals surface area contributed by atoms with E-state index in [4.69, 9.17) is 4.74 Å². The van der Waals surface area contributed by atoms with Crippen molar-refractivity contribution in [2.45, 2.75) is 450 Å². The Kier molecular flexibility index (Phi) is 73.9. The molecule has 0 saturated carbocycles. The lowest BCUT2D eigenvalue weighted by molar-refractivity contribution is -0.143. The van der Waals surface area contributed by atoms with Gasteiger partial charge in [-0.1, -0.05) is 378 Å². The molecular weight excluding hydrogens is 1050 g/mol. The number of aliphatic hydroxyl groups excluding tert-OH is 2. The summed E-state index contributed by atoms with van der Waals surface area (Å²) in [4.78, 5) is 24.6. The average Bonchev–Trinajstić information content (AvgIpc) is 3.55. The van der Waals surface area contributed by atoms with Crippen molar-refractivity contribution in [3.05, 3.63) is 36.5 Å². The number of carbonyl (C=O) groups is 2. The van der Waals surface area contributed by atoms with E-state index in [1.54, 1.807) is 6.08 Å². The summed E-state index contributed by atoms with van der Waals surface area (Å²) >= 11 is 0. The summed E-state index contributed by atoms with van der Waals surface area (Å²) in [6.07, 6.45) is 98.4. The SMILES string of the molecule is CCCCCC/C=C\CCCCCCCC(=O)OCCCCCCCCCCCCCCCCCC/C=C\CCCCCCCCCCCCCCCCCCCC(=O)NC(CO)C(O)/C=C/CCCCCCCCCCCCCCCCCCC. The van der Waals surface area contributed by atoms with Crippen LogP contribution in [0.2, 0.25) is 0 Å². The molecular formula is C80H153NO5. The van der Waals surface area contributed by atoms with Gasteiger partial charge in [0.15, 0.2) is 0 Å². The molecule has 2 unspecified atom stereocenters. The van der Waals surface area contributed by atoms with E-state index in [9.17, 15) is 19.8 Å². The second-order valence-electron chi connectivity index (χ2n) is 27.0. The summed E-state index contributed by atoms with van der Waals surface area (Å²) in [6.45, 7) is 4.93. The Labute approximate surface area is 538 Å². The maximum atomic E-state index is 12.5. The Morgan fingerprint density at radius 3 is 0.837 bits per heavy atom. The molecule has 0 aromatic rings. The molecule has 0 heterocycles. The molecule has 0 aromatic heterocycles. The highest BCUT2D eigenvalue weighted by Gasteiger charge is 2.18. The Balaban J connectivity index is 3.35. The van der Waals surface area contributed by atoms with E-state index in [0.717, 1.165) is 44.9 Å². The number of allylic oxidation sites excluding steroid dienone is 5. The summed E-state index contributed by atoms with van der Waals surface area (Å²) in [7, 11) is 0.